The van der Waals surface area contributed by atoms with Crippen molar-refractivity contribution >= 4 is 16.7 Å². The number of hydrazine groups is 1. The first-order valence-corrected chi connectivity index (χ1v) is 5.84. The zero-order valence-electron chi connectivity index (χ0n) is 10.1. The van der Waals surface area contributed by atoms with Gasteiger partial charge in [-0.15, -0.1) is 0 Å². The molecule has 3 aromatic rings. The third kappa shape index (κ3) is 1.96. The number of carbonyl (C=O) groups excluding carboxylic acids is 1. The van der Waals surface area contributed by atoms with Crippen LogP contribution in [0.3, 0.4) is 0 Å². The molecule has 2 aromatic carbocycles. The Morgan fingerprint density at radius 2 is 1.95 bits per heavy atom. The van der Waals surface area contributed by atoms with Crippen LogP contribution in [0.4, 0.5) is 0 Å². The molecule has 1 amide bonds. The van der Waals surface area contributed by atoms with Crippen LogP contribution in [-0.4, -0.2) is 16.1 Å². The van der Waals surface area contributed by atoms with E-state index < -0.39 is 0 Å². The number of aromatic amines is 1. The molecule has 0 radical (unpaired) electrons. The molecular weight excluding hydrogens is 240 g/mol. The first-order valence-electron chi connectivity index (χ1n) is 5.84. The Bertz CT molecular complexity index is 743. The van der Waals surface area contributed by atoms with Gasteiger partial charge in [-0.1, -0.05) is 42.5 Å². The number of benzene rings is 2. The van der Waals surface area contributed by atoms with Crippen molar-refractivity contribution in [2.45, 2.75) is 0 Å². The van der Waals surface area contributed by atoms with E-state index in [4.69, 9.17) is 5.84 Å². The maximum absolute atomic E-state index is 11.4. The second kappa shape index (κ2) is 4.55. The van der Waals surface area contributed by atoms with Crippen molar-refractivity contribution < 1.29 is 4.79 Å². The third-order valence-corrected chi connectivity index (χ3v) is 3.02. The number of nitrogens with two attached hydrogens (primary N) is 1. The molecule has 0 atom stereocenters. The normalized spacial score (nSPS) is 10.6. The number of hydrogen-bond donors (Lipinski definition) is 3. The molecule has 3 rings (SSSR count). The Hall–Kier alpha value is -2.66. The molecule has 0 aliphatic heterocycles. The second-order valence-corrected chi connectivity index (χ2v) is 4.17. The predicted molar refractivity (Wildman–Crippen MR) is 73.2 cm³/mol. The van der Waals surface area contributed by atoms with Gasteiger partial charge in [0.1, 0.15) is 5.69 Å². The van der Waals surface area contributed by atoms with Crippen LogP contribution >= 0.6 is 0 Å². The van der Waals surface area contributed by atoms with Crippen molar-refractivity contribution in [2.75, 3.05) is 0 Å². The zero-order valence-corrected chi connectivity index (χ0v) is 10.1. The summed E-state index contributed by atoms with van der Waals surface area (Å²) in [7, 11) is 0. The fourth-order valence-electron chi connectivity index (χ4n) is 2.10. The highest BCUT2D eigenvalue weighted by atomic mass is 16.2. The number of amides is 1. The van der Waals surface area contributed by atoms with Crippen LogP contribution in [0.5, 0.6) is 0 Å². The van der Waals surface area contributed by atoms with Gasteiger partial charge in [-0.05, 0) is 16.8 Å². The topological polar surface area (TPSA) is 83.8 Å². The molecule has 0 fully saturated rings. The van der Waals surface area contributed by atoms with Crippen LogP contribution in [-0.2, 0) is 0 Å². The quantitative estimate of drug-likeness (QED) is 0.369. The van der Waals surface area contributed by atoms with E-state index in [9.17, 15) is 4.79 Å². The number of nitrogens with zero attached hydrogens (tertiary/aromatic N) is 1. The van der Waals surface area contributed by atoms with Crippen LogP contribution < -0.4 is 11.3 Å². The van der Waals surface area contributed by atoms with Crippen molar-refractivity contribution in [2.24, 2.45) is 5.84 Å². The smallest absolute Gasteiger partial charge is 0.283 e. The summed E-state index contributed by atoms with van der Waals surface area (Å²) in [6.45, 7) is 0. The van der Waals surface area contributed by atoms with E-state index >= 15 is 0 Å². The molecule has 1 heterocycles. The lowest BCUT2D eigenvalue weighted by Crippen LogP contribution is -2.30. The van der Waals surface area contributed by atoms with E-state index in [1.807, 2.05) is 42.5 Å². The minimum atomic E-state index is -0.390. The number of carbonyl (C=O) groups is 1. The largest absolute Gasteiger partial charge is 0.289 e. The summed E-state index contributed by atoms with van der Waals surface area (Å²) < 4.78 is 0. The van der Waals surface area contributed by atoms with E-state index in [2.05, 4.69) is 15.6 Å². The lowest BCUT2D eigenvalue weighted by molar-refractivity contribution is 0.0948. The fraction of sp³-hybridized carbons (Fsp3) is 0. The molecule has 1 aromatic heterocycles. The molecule has 5 heteroatoms. The van der Waals surface area contributed by atoms with Crippen LogP contribution in [0.25, 0.3) is 22.0 Å². The SMILES string of the molecule is NNC(=O)c1cc(-c2cccc3ccccc23)n[nH]1. The maximum Gasteiger partial charge on any atom is 0.283 e. The summed E-state index contributed by atoms with van der Waals surface area (Å²) >= 11 is 0. The molecule has 0 bridgehead atoms. The monoisotopic (exact) mass is 252 g/mol. The van der Waals surface area contributed by atoms with E-state index in [1.54, 1.807) is 6.07 Å². The van der Waals surface area contributed by atoms with Crippen LogP contribution in [0, 0.1) is 0 Å². The molecule has 0 saturated heterocycles. The second-order valence-electron chi connectivity index (χ2n) is 4.17. The summed E-state index contributed by atoms with van der Waals surface area (Å²) in [6.07, 6.45) is 0. The zero-order chi connectivity index (χ0) is 13.2. The van der Waals surface area contributed by atoms with Gasteiger partial charge in [-0.25, -0.2) is 5.84 Å². The number of nitrogen functional groups attached to an aromatic ring is 1. The Balaban J connectivity index is 2.14. The van der Waals surface area contributed by atoms with E-state index in [0.717, 1.165) is 22.0 Å². The van der Waals surface area contributed by atoms with Gasteiger partial charge in [0.2, 0.25) is 0 Å². The Kier molecular flexibility index (Phi) is 2.74. The van der Waals surface area contributed by atoms with Gasteiger partial charge in [0, 0.05) is 5.56 Å². The van der Waals surface area contributed by atoms with E-state index in [-0.39, 0.29) is 5.91 Å². The van der Waals surface area contributed by atoms with Gasteiger partial charge >= 0.3 is 0 Å². The molecule has 0 aliphatic carbocycles. The minimum absolute atomic E-state index is 0.338. The standard InChI is InChI=1S/C14H12N4O/c15-16-14(19)13-8-12(17-18-13)11-7-3-5-9-4-1-2-6-10(9)11/h1-8H,15H2,(H,16,19)(H,17,18). The summed E-state index contributed by atoms with van der Waals surface area (Å²) in [5.41, 5.74) is 4.11. The highest BCUT2D eigenvalue weighted by Gasteiger charge is 2.11. The maximum atomic E-state index is 11.4. The number of fused-ring (bicyclic) bond motifs is 1. The van der Waals surface area contributed by atoms with Gasteiger partial charge in [0.05, 0.1) is 5.69 Å². The molecule has 19 heavy (non-hydrogen) atoms. The van der Waals surface area contributed by atoms with Crippen LogP contribution in [0.1, 0.15) is 10.5 Å². The fourth-order valence-corrected chi connectivity index (χ4v) is 2.10. The van der Waals surface area contributed by atoms with Gasteiger partial charge < -0.3 is 0 Å². The predicted octanol–water partition coefficient (Wildman–Crippen LogP) is 1.83. The average molecular weight is 252 g/mol. The molecular formula is C14H12N4O. The lowest BCUT2D eigenvalue weighted by Gasteiger charge is -2.02. The van der Waals surface area contributed by atoms with Crippen molar-refractivity contribution in [3.63, 3.8) is 0 Å². The number of H-pyrrole nitrogens is 1. The number of rotatable bonds is 2. The van der Waals surface area contributed by atoms with Crippen molar-refractivity contribution in [3.05, 3.63) is 54.2 Å². The summed E-state index contributed by atoms with van der Waals surface area (Å²) in [5, 5.41) is 9.07. The summed E-state index contributed by atoms with van der Waals surface area (Å²) in [4.78, 5) is 11.4. The Morgan fingerprint density at radius 1 is 1.16 bits per heavy atom. The average Bonchev–Trinajstić information content (AvgIpc) is 2.95. The minimum Gasteiger partial charge on any atom is -0.289 e. The molecule has 0 unspecified atom stereocenters. The van der Waals surface area contributed by atoms with E-state index in [0.29, 0.717) is 5.69 Å². The van der Waals surface area contributed by atoms with E-state index in [1.165, 1.54) is 0 Å². The third-order valence-electron chi connectivity index (χ3n) is 3.02. The summed E-state index contributed by atoms with van der Waals surface area (Å²) in [6, 6.07) is 15.7. The van der Waals surface area contributed by atoms with Crippen molar-refractivity contribution in [1.29, 1.82) is 0 Å². The highest BCUT2D eigenvalue weighted by Crippen LogP contribution is 2.27. The lowest BCUT2D eigenvalue weighted by atomic mass is 10.0. The van der Waals surface area contributed by atoms with Crippen molar-refractivity contribution in [3.8, 4) is 11.3 Å². The van der Waals surface area contributed by atoms with Gasteiger partial charge in [-0.2, -0.15) is 5.10 Å². The first kappa shape index (κ1) is 11.4. The first-order chi connectivity index (χ1) is 9.29. The molecule has 94 valence electrons. The van der Waals surface area contributed by atoms with Gasteiger partial charge in [0.15, 0.2) is 0 Å². The van der Waals surface area contributed by atoms with Gasteiger partial charge in [-0.3, -0.25) is 15.3 Å². The highest BCUT2D eigenvalue weighted by molar-refractivity contribution is 5.98. The Morgan fingerprint density at radius 3 is 2.79 bits per heavy atom. The molecule has 5 nitrogen and oxygen atoms in total. The van der Waals surface area contributed by atoms with Crippen LogP contribution in [0.2, 0.25) is 0 Å². The molecule has 0 aliphatic rings. The molecule has 0 saturated carbocycles. The number of aromatic nitrogens is 2. The molecule has 0 spiro atoms. The summed E-state index contributed by atoms with van der Waals surface area (Å²) in [5.74, 6) is 4.71. The van der Waals surface area contributed by atoms with Crippen molar-refractivity contribution in [1.82, 2.24) is 15.6 Å². The van der Waals surface area contributed by atoms with Crippen LogP contribution in [0.15, 0.2) is 48.5 Å². The Labute approximate surface area is 109 Å². The molecule has 4 N–H and O–H groups in total. The number of hydrogen-bond acceptors (Lipinski definition) is 3. The van der Waals surface area contributed by atoms with Gasteiger partial charge in [0.25, 0.3) is 5.91 Å². The number of nitrogens with one attached hydrogen (secondary N) is 2.